The maximum Gasteiger partial charge on any atom is 0.519 e. The fourth-order valence-electron chi connectivity index (χ4n) is 5.43. The molecule has 5 aromatic rings. The summed E-state index contributed by atoms with van der Waals surface area (Å²) in [5, 5.41) is 34.9. The van der Waals surface area contributed by atoms with E-state index in [9.17, 15) is 24.8 Å². The molecule has 0 radical (unpaired) electrons. The highest BCUT2D eigenvalue weighted by molar-refractivity contribution is 5.89. The summed E-state index contributed by atoms with van der Waals surface area (Å²) in [6.45, 7) is 4.93. The number of benzene rings is 2. The van der Waals surface area contributed by atoms with E-state index in [1.54, 1.807) is 18.4 Å². The van der Waals surface area contributed by atoms with Crippen molar-refractivity contribution in [3.05, 3.63) is 104 Å². The van der Waals surface area contributed by atoms with E-state index in [0.29, 0.717) is 43.8 Å². The number of hydrogen-bond acceptors (Lipinski definition) is 13. The van der Waals surface area contributed by atoms with E-state index >= 15 is 0 Å². The van der Waals surface area contributed by atoms with Crippen molar-refractivity contribution in [2.45, 2.75) is 78.0 Å². The van der Waals surface area contributed by atoms with Gasteiger partial charge in [0.1, 0.15) is 17.1 Å². The zero-order valence-corrected chi connectivity index (χ0v) is 27.4. The number of unbranched alkanes of at least 4 members (excludes halogenated alkanes) is 2. The fraction of sp³-hybridized carbons (Fsp3) is 0.394. The van der Waals surface area contributed by atoms with Gasteiger partial charge >= 0.3 is 11.8 Å². The summed E-state index contributed by atoms with van der Waals surface area (Å²) in [7, 11) is 0. The summed E-state index contributed by atoms with van der Waals surface area (Å²) in [4.78, 5) is 45.0. The SMILES string of the molecule is CCCc1nc(C(C)(C)O)c(C(=O)OCc2oc(=O)oc2CCCCCO[N+](=O)[O-])n1Cc1ccc(-c2ccccc2-c2nn[nH]n2)cc1. The quantitative estimate of drug-likeness (QED) is 0.0588. The first kappa shape index (κ1) is 34.7. The molecule has 5 rings (SSSR count). The van der Waals surface area contributed by atoms with E-state index in [4.69, 9.17) is 18.6 Å². The van der Waals surface area contributed by atoms with Gasteiger partial charge in [0.15, 0.2) is 23.8 Å². The van der Waals surface area contributed by atoms with Crippen LogP contribution in [0.4, 0.5) is 0 Å². The third-order valence-electron chi connectivity index (χ3n) is 7.72. The Balaban J connectivity index is 1.36. The molecule has 0 amide bonds. The Morgan fingerprint density at radius 2 is 1.78 bits per heavy atom. The van der Waals surface area contributed by atoms with Crippen LogP contribution < -0.4 is 5.82 Å². The number of imidazole rings is 1. The van der Waals surface area contributed by atoms with Crippen LogP contribution >= 0.6 is 0 Å². The third-order valence-corrected chi connectivity index (χ3v) is 7.72. The Morgan fingerprint density at radius 1 is 1.04 bits per heavy atom. The average Bonchev–Trinajstić information content (AvgIpc) is 3.81. The standard InChI is InChI=1S/C33H37N7O9/c1-4-10-27-34-29(33(2,3)43)28(31(41)46-20-26-25(48-32(42)49-26)13-6-5-9-18-47-40(44)45)39(27)19-21-14-16-22(17-15-21)23-11-7-8-12-24(23)30-35-37-38-36-30/h7-8,11-12,14-17,43H,4-6,9-10,13,18-20H2,1-3H3,(H,35,36,37,38). The summed E-state index contributed by atoms with van der Waals surface area (Å²) in [5.41, 5.74) is 2.33. The van der Waals surface area contributed by atoms with Gasteiger partial charge in [0.25, 0.3) is 5.09 Å². The number of nitrogens with one attached hydrogen (secondary N) is 1. The second-order valence-corrected chi connectivity index (χ2v) is 11.8. The van der Waals surface area contributed by atoms with Crippen LogP contribution in [0.1, 0.15) is 85.5 Å². The molecular weight excluding hydrogens is 638 g/mol. The third kappa shape index (κ3) is 8.64. The number of tetrazole rings is 1. The van der Waals surface area contributed by atoms with Crippen molar-refractivity contribution in [2.75, 3.05) is 6.61 Å². The highest BCUT2D eigenvalue weighted by atomic mass is 16.9. The summed E-state index contributed by atoms with van der Waals surface area (Å²) in [6, 6.07) is 15.6. The molecule has 16 heteroatoms. The normalized spacial score (nSPS) is 11.5. The molecule has 2 aromatic carbocycles. The molecule has 0 bridgehead atoms. The molecule has 0 aliphatic carbocycles. The number of nitrogens with zero attached hydrogens (tertiary/aromatic N) is 6. The molecule has 3 aromatic heterocycles. The molecule has 0 saturated carbocycles. The minimum absolute atomic E-state index is 0.0380. The zero-order chi connectivity index (χ0) is 35.0. The topological polar surface area (TPSA) is 215 Å². The Labute approximate surface area is 280 Å². The number of ether oxygens (including phenoxy) is 1. The van der Waals surface area contributed by atoms with Crippen molar-refractivity contribution in [2.24, 2.45) is 0 Å². The Bertz CT molecular complexity index is 1920. The van der Waals surface area contributed by atoms with Crippen molar-refractivity contribution < 1.29 is 33.4 Å². The lowest BCUT2D eigenvalue weighted by Crippen LogP contribution is -2.23. The summed E-state index contributed by atoms with van der Waals surface area (Å²) in [5.74, 6) is -0.336. The Morgan fingerprint density at radius 3 is 2.45 bits per heavy atom. The van der Waals surface area contributed by atoms with Gasteiger partial charge in [-0.1, -0.05) is 61.9 Å². The van der Waals surface area contributed by atoms with Gasteiger partial charge < -0.3 is 28.1 Å². The molecule has 2 N–H and O–H groups in total. The zero-order valence-electron chi connectivity index (χ0n) is 27.4. The van der Waals surface area contributed by atoms with Crippen LogP contribution in [0.3, 0.4) is 0 Å². The van der Waals surface area contributed by atoms with Gasteiger partial charge in [-0.3, -0.25) is 0 Å². The van der Waals surface area contributed by atoms with Crippen molar-refractivity contribution in [3.63, 3.8) is 0 Å². The number of hydrogen-bond donors (Lipinski definition) is 2. The van der Waals surface area contributed by atoms with Crippen LogP contribution in [0, 0.1) is 10.1 Å². The first-order chi connectivity index (χ1) is 23.5. The molecule has 3 heterocycles. The summed E-state index contributed by atoms with van der Waals surface area (Å²) >= 11 is 0. The summed E-state index contributed by atoms with van der Waals surface area (Å²) < 4.78 is 17.7. The van der Waals surface area contributed by atoms with Gasteiger partial charge in [-0.25, -0.2) is 14.6 Å². The van der Waals surface area contributed by atoms with Gasteiger partial charge in [-0.05, 0) is 55.0 Å². The number of carbonyl (C=O) groups excluding carboxylic acids is 1. The van der Waals surface area contributed by atoms with E-state index in [0.717, 1.165) is 28.7 Å². The highest BCUT2D eigenvalue weighted by Crippen LogP contribution is 2.31. The predicted molar refractivity (Wildman–Crippen MR) is 172 cm³/mol. The highest BCUT2D eigenvalue weighted by Gasteiger charge is 2.33. The Hall–Kier alpha value is -5.64. The molecule has 0 aliphatic heterocycles. The number of esters is 1. The lowest BCUT2D eigenvalue weighted by atomic mass is 9.98. The lowest BCUT2D eigenvalue weighted by Gasteiger charge is -2.18. The second-order valence-electron chi connectivity index (χ2n) is 11.8. The molecular formula is C33H37N7O9. The molecule has 0 atom stereocenters. The van der Waals surface area contributed by atoms with Gasteiger partial charge in [0, 0.05) is 24.9 Å². The molecule has 0 fully saturated rings. The van der Waals surface area contributed by atoms with Crippen LogP contribution in [0.25, 0.3) is 22.5 Å². The first-order valence-electron chi connectivity index (χ1n) is 15.9. The number of aryl methyl sites for hydroxylation is 2. The molecule has 0 aliphatic rings. The van der Waals surface area contributed by atoms with Crippen molar-refractivity contribution in [1.82, 2.24) is 30.2 Å². The van der Waals surface area contributed by atoms with E-state index in [-0.39, 0.29) is 36.1 Å². The minimum Gasteiger partial charge on any atom is -0.453 e. The molecule has 258 valence electrons. The minimum atomic E-state index is -1.48. The van der Waals surface area contributed by atoms with E-state index in [2.05, 4.69) is 25.5 Å². The Kier molecular flexibility index (Phi) is 11.0. The predicted octanol–water partition coefficient (Wildman–Crippen LogP) is 4.78. The van der Waals surface area contributed by atoms with Crippen LogP contribution in [-0.4, -0.2) is 52.9 Å². The molecule has 16 nitrogen and oxygen atoms in total. The van der Waals surface area contributed by atoms with Crippen LogP contribution in [0.2, 0.25) is 0 Å². The molecule has 0 spiro atoms. The molecule has 49 heavy (non-hydrogen) atoms. The average molecular weight is 676 g/mol. The van der Waals surface area contributed by atoms with Crippen molar-refractivity contribution >= 4 is 5.97 Å². The van der Waals surface area contributed by atoms with Crippen LogP contribution in [0.15, 0.2) is 62.2 Å². The fourth-order valence-corrected chi connectivity index (χ4v) is 5.43. The van der Waals surface area contributed by atoms with E-state index in [1.165, 1.54) is 0 Å². The number of aromatic nitrogens is 6. The van der Waals surface area contributed by atoms with Crippen LogP contribution in [-0.2, 0) is 41.2 Å². The maximum absolute atomic E-state index is 13.8. The number of rotatable bonds is 17. The number of aliphatic hydroxyl groups is 1. The van der Waals surface area contributed by atoms with Gasteiger partial charge in [0.2, 0.25) is 5.82 Å². The summed E-state index contributed by atoms with van der Waals surface area (Å²) in [6.07, 6.45) is 3.11. The second kappa shape index (κ2) is 15.5. The van der Waals surface area contributed by atoms with Gasteiger partial charge in [-0.2, -0.15) is 5.21 Å². The smallest absolute Gasteiger partial charge is 0.453 e. The monoisotopic (exact) mass is 675 g/mol. The number of aromatic amines is 1. The van der Waals surface area contributed by atoms with Gasteiger partial charge in [0.05, 0.1) is 6.61 Å². The van der Waals surface area contributed by atoms with Crippen molar-refractivity contribution in [3.8, 4) is 22.5 Å². The largest absolute Gasteiger partial charge is 0.519 e. The maximum atomic E-state index is 13.8. The van der Waals surface area contributed by atoms with Gasteiger partial charge in [-0.15, -0.1) is 20.3 Å². The molecule has 0 saturated heterocycles. The van der Waals surface area contributed by atoms with E-state index < -0.39 is 29.1 Å². The number of H-pyrrole nitrogens is 1. The first-order valence-corrected chi connectivity index (χ1v) is 15.9. The number of carbonyl (C=O) groups is 1. The van der Waals surface area contributed by atoms with Crippen molar-refractivity contribution in [1.29, 1.82) is 0 Å². The lowest BCUT2D eigenvalue weighted by molar-refractivity contribution is -0.757. The molecule has 0 unspecified atom stereocenters. The van der Waals surface area contributed by atoms with Crippen LogP contribution in [0.5, 0.6) is 0 Å². The van der Waals surface area contributed by atoms with E-state index in [1.807, 2.05) is 55.5 Å².